The fourth-order valence-electron chi connectivity index (χ4n) is 1.78. The van der Waals surface area contributed by atoms with Crippen LogP contribution in [0.2, 0.25) is 0 Å². The Morgan fingerprint density at radius 3 is 2.77 bits per heavy atom. The third-order valence-corrected chi connectivity index (χ3v) is 4.26. The van der Waals surface area contributed by atoms with Crippen LogP contribution in [0.1, 0.15) is 26.3 Å². The number of nitrogens with two attached hydrogens (primary N) is 1. The smallest absolute Gasteiger partial charge is 0.137 e. The van der Waals surface area contributed by atoms with E-state index >= 15 is 0 Å². The number of thioether (sulfide) groups is 1. The topological polar surface area (TPSA) is 61.0 Å². The third-order valence-electron chi connectivity index (χ3n) is 3.13. The second-order valence-electron chi connectivity index (χ2n) is 6.21. The maximum atomic E-state index is 6.10. The minimum absolute atomic E-state index is 0.0506. The first-order chi connectivity index (χ1) is 10.4. The molecule has 0 bridgehead atoms. The van der Waals surface area contributed by atoms with Crippen LogP contribution in [-0.2, 0) is 5.41 Å². The summed E-state index contributed by atoms with van der Waals surface area (Å²) in [6.07, 6.45) is 5.39. The summed E-state index contributed by atoms with van der Waals surface area (Å²) in [5.74, 6) is 1.54. The van der Waals surface area contributed by atoms with Gasteiger partial charge in [0.2, 0.25) is 0 Å². The second kappa shape index (κ2) is 7.61. The van der Waals surface area contributed by atoms with Gasteiger partial charge in [-0.3, -0.25) is 4.98 Å². The molecule has 4 nitrogen and oxygen atoms in total. The van der Waals surface area contributed by atoms with Crippen molar-refractivity contribution in [1.29, 1.82) is 0 Å². The molecule has 2 heterocycles. The van der Waals surface area contributed by atoms with E-state index in [-0.39, 0.29) is 11.5 Å². The standard InChI is InChI=1S/C17H23N3OS/c1-17(2,3)13-8-15(10-19-9-13)21-11-14(18)12-22-16-6-4-5-7-20-16/h4-10,14H,11-12,18H2,1-3H3/t14-/m1/s1. The summed E-state index contributed by atoms with van der Waals surface area (Å²) in [6, 6.07) is 7.84. The molecule has 0 aliphatic carbocycles. The molecule has 0 spiro atoms. The van der Waals surface area contributed by atoms with Crippen molar-refractivity contribution in [3.8, 4) is 5.75 Å². The molecular formula is C17H23N3OS. The van der Waals surface area contributed by atoms with E-state index in [1.165, 1.54) is 0 Å². The molecule has 0 amide bonds. The molecule has 0 aromatic carbocycles. The largest absolute Gasteiger partial charge is 0.490 e. The zero-order valence-electron chi connectivity index (χ0n) is 13.3. The van der Waals surface area contributed by atoms with Gasteiger partial charge < -0.3 is 10.5 Å². The summed E-state index contributed by atoms with van der Waals surface area (Å²) >= 11 is 1.64. The van der Waals surface area contributed by atoms with E-state index in [1.807, 2.05) is 30.5 Å². The van der Waals surface area contributed by atoms with E-state index in [9.17, 15) is 0 Å². The van der Waals surface area contributed by atoms with Gasteiger partial charge in [0.15, 0.2) is 0 Å². The molecule has 0 radical (unpaired) electrons. The maximum Gasteiger partial charge on any atom is 0.137 e. The van der Waals surface area contributed by atoms with Crippen LogP contribution in [0.25, 0.3) is 0 Å². The second-order valence-corrected chi connectivity index (χ2v) is 7.25. The number of pyridine rings is 2. The van der Waals surface area contributed by atoms with Crippen molar-refractivity contribution in [2.24, 2.45) is 5.73 Å². The third kappa shape index (κ3) is 5.31. The Balaban J connectivity index is 1.82. The van der Waals surface area contributed by atoms with Gasteiger partial charge in [0.1, 0.15) is 12.4 Å². The van der Waals surface area contributed by atoms with Gasteiger partial charge in [0, 0.05) is 24.2 Å². The first-order valence-corrected chi connectivity index (χ1v) is 8.31. The summed E-state index contributed by atoms with van der Waals surface area (Å²) in [5, 5.41) is 0.981. The molecular weight excluding hydrogens is 294 g/mol. The van der Waals surface area contributed by atoms with Gasteiger partial charge in [-0.25, -0.2) is 4.98 Å². The highest BCUT2D eigenvalue weighted by Crippen LogP contribution is 2.24. The lowest BCUT2D eigenvalue weighted by Crippen LogP contribution is -2.30. The average molecular weight is 317 g/mol. The predicted molar refractivity (Wildman–Crippen MR) is 91.4 cm³/mol. The Hall–Kier alpha value is -1.59. The SMILES string of the molecule is CC(C)(C)c1cncc(OC[C@@H](N)CSc2ccccn2)c1. The quantitative estimate of drug-likeness (QED) is 0.829. The van der Waals surface area contributed by atoms with E-state index < -0.39 is 0 Å². The van der Waals surface area contributed by atoms with Crippen molar-refractivity contribution in [3.63, 3.8) is 0 Å². The van der Waals surface area contributed by atoms with Crippen molar-refractivity contribution in [1.82, 2.24) is 9.97 Å². The van der Waals surface area contributed by atoms with Crippen molar-refractivity contribution in [2.45, 2.75) is 37.3 Å². The molecule has 118 valence electrons. The Morgan fingerprint density at radius 1 is 1.27 bits per heavy atom. The summed E-state index contributed by atoms with van der Waals surface area (Å²) in [7, 11) is 0. The van der Waals surface area contributed by atoms with Crippen molar-refractivity contribution < 1.29 is 4.74 Å². The molecule has 0 saturated carbocycles. The highest BCUT2D eigenvalue weighted by Gasteiger charge is 2.15. The predicted octanol–water partition coefficient (Wildman–Crippen LogP) is 3.27. The molecule has 5 heteroatoms. The fourth-order valence-corrected chi connectivity index (χ4v) is 2.58. The first kappa shape index (κ1) is 16.8. The van der Waals surface area contributed by atoms with Crippen LogP contribution in [0, 0.1) is 0 Å². The highest BCUT2D eigenvalue weighted by atomic mass is 32.2. The van der Waals surface area contributed by atoms with Crippen LogP contribution in [0.3, 0.4) is 0 Å². The molecule has 2 aromatic heterocycles. The van der Waals surface area contributed by atoms with Crippen LogP contribution in [-0.4, -0.2) is 28.4 Å². The van der Waals surface area contributed by atoms with Crippen molar-refractivity contribution >= 4 is 11.8 Å². The van der Waals surface area contributed by atoms with E-state index in [1.54, 1.807) is 24.2 Å². The van der Waals surface area contributed by atoms with Crippen LogP contribution in [0.4, 0.5) is 0 Å². The molecule has 2 rings (SSSR count). The van der Waals surface area contributed by atoms with Gasteiger partial charge in [0.05, 0.1) is 11.2 Å². The molecule has 22 heavy (non-hydrogen) atoms. The Labute approximate surface area is 136 Å². The minimum Gasteiger partial charge on any atom is -0.490 e. The zero-order valence-corrected chi connectivity index (χ0v) is 14.1. The van der Waals surface area contributed by atoms with Crippen LogP contribution in [0.15, 0.2) is 47.9 Å². The monoisotopic (exact) mass is 317 g/mol. The highest BCUT2D eigenvalue weighted by molar-refractivity contribution is 7.99. The van der Waals surface area contributed by atoms with Gasteiger partial charge in [-0.2, -0.15) is 0 Å². The number of hydrogen-bond acceptors (Lipinski definition) is 5. The van der Waals surface area contributed by atoms with Crippen LogP contribution in [0.5, 0.6) is 5.75 Å². The van der Waals surface area contributed by atoms with Crippen molar-refractivity contribution in [2.75, 3.05) is 12.4 Å². The zero-order chi connectivity index (χ0) is 16.0. The average Bonchev–Trinajstić information content (AvgIpc) is 2.51. The van der Waals surface area contributed by atoms with E-state index in [2.05, 4.69) is 30.7 Å². The van der Waals surface area contributed by atoms with Crippen molar-refractivity contribution in [3.05, 3.63) is 48.4 Å². The molecule has 0 fully saturated rings. The number of hydrogen-bond donors (Lipinski definition) is 1. The summed E-state index contributed by atoms with van der Waals surface area (Å²) in [6.45, 7) is 6.93. The molecule has 2 aromatic rings. The number of rotatable bonds is 6. The summed E-state index contributed by atoms with van der Waals surface area (Å²) in [5.41, 5.74) is 7.31. The fraction of sp³-hybridized carbons (Fsp3) is 0.412. The van der Waals surface area contributed by atoms with Gasteiger partial charge in [-0.05, 0) is 29.2 Å². The summed E-state index contributed by atoms with van der Waals surface area (Å²) < 4.78 is 5.77. The Bertz CT molecular complexity index is 584. The Kier molecular flexibility index (Phi) is 5.80. The number of ether oxygens (including phenoxy) is 1. The van der Waals surface area contributed by atoms with E-state index in [0.717, 1.165) is 22.1 Å². The lowest BCUT2D eigenvalue weighted by Gasteiger charge is -2.19. The lowest BCUT2D eigenvalue weighted by atomic mass is 9.88. The molecule has 0 unspecified atom stereocenters. The Morgan fingerprint density at radius 2 is 2.09 bits per heavy atom. The van der Waals surface area contributed by atoms with E-state index in [0.29, 0.717) is 6.61 Å². The molecule has 0 saturated heterocycles. The molecule has 0 aliphatic rings. The van der Waals surface area contributed by atoms with Gasteiger partial charge in [-0.1, -0.05) is 26.8 Å². The number of nitrogens with zero attached hydrogens (tertiary/aromatic N) is 2. The van der Waals surface area contributed by atoms with Crippen LogP contribution < -0.4 is 10.5 Å². The molecule has 2 N–H and O–H groups in total. The van der Waals surface area contributed by atoms with Gasteiger partial charge >= 0.3 is 0 Å². The minimum atomic E-state index is -0.0506. The number of aromatic nitrogens is 2. The summed E-state index contributed by atoms with van der Waals surface area (Å²) in [4.78, 5) is 8.51. The normalized spacial score (nSPS) is 12.9. The van der Waals surface area contributed by atoms with Gasteiger partial charge in [-0.15, -0.1) is 11.8 Å². The van der Waals surface area contributed by atoms with E-state index in [4.69, 9.17) is 10.5 Å². The van der Waals surface area contributed by atoms with Gasteiger partial charge in [0.25, 0.3) is 0 Å². The molecule has 0 aliphatic heterocycles. The van der Waals surface area contributed by atoms with Crippen LogP contribution >= 0.6 is 11.8 Å². The first-order valence-electron chi connectivity index (χ1n) is 7.33. The molecule has 1 atom stereocenters. The maximum absolute atomic E-state index is 6.10. The lowest BCUT2D eigenvalue weighted by molar-refractivity contribution is 0.296.